The molecule has 0 amide bonds. The first-order chi connectivity index (χ1) is 11.2. The molecule has 130 valence electrons. The van der Waals surface area contributed by atoms with Gasteiger partial charge in [-0.15, -0.1) is 24.0 Å². The first kappa shape index (κ1) is 20.6. The molecule has 0 aliphatic heterocycles. The summed E-state index contributed by atoms with van der Waals surface area (Å²) in [4.78, 5) is 4.22. The van der Waals surface area contributed by atoms with Crippen LogP contribution in [0, 0.1) is 0 Å². The zero-order valence-corrected chi connectivity index (χ0v) is 17.0. The summed E-state index contributed by atoms with van der Waals surface area (Å²) in [5, 5.41) is 7.32. The van der Waals surface area contributed by atoms with E-state index in [9.17, 15) is 0 Å². The number of ether oxygens (including phenoxy) is 1. The summed E-state index contributed by atoms with van der Waals surface area (Å²) in [6, 6.07) is 15.9. The Labute approximate surface area is 165 Å². The standard InChI is InChI=1S/C18H22ClN3O.HI/c1-20-18(22-13-15-7-3-4-9-17(15)19)21-11-10-14-6-5-8-16(12-14)23-2;/h3-9,12H,10-11,13H2,1-2H3,(H2,20,21,22);1H. The van der Waals surface area contributed by atoms with Crippen LogP contribution in [0.15, 0.2) is 53.5 Å². The topological polar surface area (TPSA) is 45.7 Å². The number of rotatable bonds is 6. The van der Waals surface area contributed by atoms with E-state index in [0.29, 0.717) is 6.54 Å². The quantitative estimate of drug-likeness (QED) is 0.392. The van der Waals surface area contributed by atoms with Crippen LogP contribution in [0.25, 0.3) is 0 Å². The van der Waals surface area contributed by atoms with Crippen molar-refractivity contribution in [3.05, 3.63) is 64.7 Å². The monoisotopic (exact) mass is 459 g/mol. The smallest absolute Gasteiger partial charge is 0.191 e. The van der Waals surface area contributed by atoms with Gasteiger partial charge in [-0.2, -0.15) is 0 Å². The molecule has 0 bridgehead atoms. The van der Waals surface area contributed by atoms with Gasteiger partial charge in [0.15, 0.2) is 5.96 Å². The molecule has 0 atom stereocenters. The van der Waals surface area contributed by atoms with Gasteiger partial charge in [-0.05, 0) is 35.7 Å². The van der Waals surface area contributed by atoms with Crippen molar-refractivity contribution in [1.82, 2.24) is 10.6 Å². The Bertz CT molecular complexity index is 664. The Hall–Kier alpha value is -1.47. The van der Waals surface area contributed by atoms with Crippen molar-refractivity contribution >= 4 is 41.5 Å². The number of nitrogens with one attached hydrogen (secondary N) is 2. The van der Waals surface area contributed by atoms with Crippen LogP contribution in [0.5, 0.6) is 5.75 Å². The summed E-state index contributed by atoms with van der Waals surface area (Å²) in [6.07, 6.45) is 0.893. The normalized spacial score (nSPS) is 10.7. The number of aliphatic imine (C=N–C) groups is 1. The Balaban J connectivity index is 0.00000288. The molecule has 2 rings (SSSR count). The number of methoxy groups -OCH3 is 1. The van der Waals surface area contributed by atoms with Gasteiger partial charge in [0.1, 0.15) is 5.75 Å². The molecule has 0 aliphatic carbocycles. The van der Waals surface area contributed by atoms with Crippen molar-refractivity contribution in [3.8, 4) is 5.75 Å². The van der Waals surface area contributed by atoms with Crippen LogP contribution in [0.1, 0.15) is 11.1 Å². The second-order valence-electron chi connectivity index (χ2n) is 5.05. The first-order valence-corrected chi connectivity index (χ1v) is 7.91. The van der Waals surface area contributed by atoms with Crippen molar-refractivity contribution in [1.29, 1.82) is 0 Å². The van der Waals surface area contributed by atoms with Gasteiger partial charge in [0.25, 0.3) is 0 Å². The summed E-state index contributed by atoms with van der Waals surface area (Å²) in [5.74, 6) is 1.64. The van der Waals surface area contributed by atoms with Crippen molar-refractivity contribution in [2.75, 3.05) is 20.7 Å². The van der Waals surface area contributed by atoms with Gasteiger partial charge in [0, 0.05) is 25.2 Å². The van der Waals surface area contributed by atoms with Crippen molar-refractivity contribution < 1.29 is 4.74 Å². The molecule has 4 nitrogen and oxygen atoms in total. The minimum absolute atomic E-state index is 0. The molecule has 0 unspecified atom stereocenters. The second-order valence-corrected chi connectivity index (χ2v) is 5.45. The van der Waals surface area contributed by atoms with Gasteiger partial charge >= 0.3 is 0 Å². The average Bonchev–Trinajstić information content (AvgIpc) is 2.59. The van der Waals surface area contributed by atoms with Crippen LogP contribution < -0.4 is 15.4 Å². The van der Waals surface area contributed by atoms with E-state index in [4.69, 9.17) is 16.3 Å². The molecule has 0 saturated heterocycles. The van der Waals surface area contributed by atoms with E-state index in [2.05, 4.69) is 21.7 Å². The Morgan fingerprint density at radius 3 is 2.62 bits per heavy atom. The zero-order valence-electron chi connectivity index (χ0n) is 13.9. The van der Waals surface area contributed by atoms with Gasteiger partial charge in [-0.25, -0.2) is 0 Å². The minimum Gasteiger partial charge on any atom is -0.497 e. The summed E-state index contributed by atoms with van der Waals surface area (Å²) in [5.41, 5.74) is 2.27. The highest BCUT2D eigenvalue weighted by molar-refractivity contribution is 14.0. The molecular weight excluding hydrogens is 437 g/mol. The van der Waals surface area contributed by atoms with E-state index in [-0.39, 0.29) is 24.0 Å². The van der Waals surface area contributed by atoms with Crippen molar-refractivity contribution in [3.63, 3.8) is 0 Å². The minimum atomic E-state index is 0. The van der Waals surface area contributed by atoms with Crippen molar-refractivity contribution in [2.45, 2.75) is 13.0 Å². The van der Waals surface area contributed by atoms with Crippen LogP contribution >= 0.6 is 35.6 Å². The van der Waals surface area contributed by atoms with Gasteiger partial charge < -0.3 is 15.4 Å². The zero-order chi connectivity index (χ0) is 16.5. The fourth-order valence-electron chi connectivity index (χ4n) is 2.19. The molecule has 2 N–H and O–H groups in total. The second kappa shape index (κ2) is 11.1. The third-order valence-corrected chi connectivity index (χ3v) is 3.84. The molecule has 0 heterocycles. The summed E-state index contributed by atoms with van der Waals surface area (Å²) >= 11 is 6.15. The number of hydrogen-bond donors (Lipinski definition) is 2. The molecule has 2 aromatic carbocycles. The molecule has 2 aromatic rings. The molecule has 0 saturated carbocycles. The van der Waals surface area contributed by atoms with E-state index in [1.54, 1.807) is 14.2 Å². The molecule has 24 heavy (non-hydrogen) atoms. The predicted octanol–water partition coefficient (Wildman–Crippen LogP) is 3.87. The lowest BCUT2D eigenvalue weighted by atomic mass is 10.1. The molecule has 0 radical (unpaired) electrons. The van der Waals surface area contributed by atoms with Gasteiger partial charge in [-0.1, -0.05) is 41.9 Å². The van der Waals surface area contributed by atoms with E-state index in [0.717, 1.165) is 35.3 Å². The third-order valence-electron chi connectivity index (χ3n) is 3.47. The lowest BCUT2D eigenvalue weighted by Crippen LogP contribution is -2.37. The Kier molecular flexibility index (Phi) is 9.56. The highest BCUT2D eigenvalue weighted by atomic mass is 127. The molecule has 0 aliphatic rings. The summed E-state index contributed by atoms with van der Waals surface area (Å²) in [6.45, 7) is 1.42. The Morgan fingerprint density at radius 1 is 1.12 bits per heavy atom. The van der Waals surface area contributed by atoms with Crippen LogP contribution in [-0.4, -0.2) is 26.7 Å². The van der Waals surface area contributed by atoms with E-state index < -0.39 is 0 Å². The predicted molar refractivity (Wildman–Crippen MR) is 112 cm³/mol. The maximum absolute atomic E-state index is 6.15. The van der Waals surface area contributed by atoms with Crippen LogP contribution in [0.2, 0.25) is 5.02 Å². The highest BCUT2D eigenvalue weighted by Gasteiger charge is 2.02. The summed E-state index contributed by atoms with van der Waals surface area (Å²) in [7, 11) is 3.44. The Morgan fingerprint density at radius 2 is 1.92 bits per heavy atom. The van der Waals surface area contributed by atoms with E-state index >= 15 is 0 Å². The van der Waals surface area contributed by atoms with Gasteiger partial charge in [0.2, 0.25) is 0 Å². The molecule has 6 heteroatoms. The summed E-state index contributed by atoms with van der Waals surface area (Å²) < 4.78 is 5.23. The van der Waals surface area contributed by atoms with E-state index in [1.165, 1.54) is 5.56 Å². The first-order valence-electron chi connectivity index (χ1n) is 7.54. The van der Waals surface area contributed by atoms with Crippen LogP contribution in [0.3, 0.4) is 0 Å². The SMILES string of the molecule is CN=C(NCCc1cccc(OC)c1)NCc1ccccc1Cl.I. The van der Waals surface area contributed by atoms with E-state index in [1.807, 2.05) is 42.5 Å². The maximum atomic E-state index is 6.15. The average molecular weight is 460 g/mol. The molecule has 0 fully saturated rings. The van der Waals surface area contributed by atoms with Gasteiger partial charge in [-0.3, -0.25) is 4.99 Å². The largest absolute Gasteiger partial charge is 0.497 e. The lowest BCUT2D eigenvalue weighted by molar-refractivity contribution is 0.414. The molecule has 0 aromatic heterocycles. The highest BCUT2D eigenvalue weighted by Crippen LogP contribution is 2.14. The van der Waals surface area contributed by atoms with Crippen molar-refractivity contribution in [2.24, 2.45) is 4.99 Å². The van der Waals surface area contributed by atoms with Gasteiger partial charge in [0.05, 0.1) is 7.11 Å². The number of nitrogens with zero attached hydrogens (tertiary/aromatic N) is 1. The van der Waals surface area contributed by atoms with Crippen LogP contribution in [-0.2, 0) is 13.0 Å². The fourth-order valence-corrected chi connectivity index (χ4v) is 2.40. The molecular formula is C18H23ClIN3O. The lowest BCUT2D eigenvalue weighted by Gasteiger charge is -2.13. The number of benzene rings is 2. The number of halogens is 2. The van der Waals surface area contributed by atoms with Crippen LogP contribution in [0.4, 0.5) is 0 Å². The number of hydrogen-bond acceptors (Lipinski definition) is 2. The molecule has 0 spiro atoms. The third kappa shape index (κ3) is 6.57. The number of guanidine groups is 1. The fraction of sp³-hybridized carbons (Fsp3) is 0.278. The maximum Gasteiger partial charge on any atom is 0.191 e.